The maximum Gasteiger partial charge on any atom is 0.138 e. The van der Waals surface area contributed by atoms with Gasteiger partial charge in [0.15, 0.2) is 0 Å². The van der Waals surface area contributed by atoms with Gasteiger partial charge < -0.3 is 10.1 Å². The monoisotopic (exact) mass is 351 g/mol. The van der Waals surface area contributed by atoms with Gasteiger partial charge in [0.05, 0.1) is 6.10 Å². The second-order valence-corrected chi connectivity index (χ2v) is 4.13. The van der Waals surface area contributed by atoms with Crippen LogP contribution in [-0.2, 0) is 6.54 Å². The molecule has 17 heavy (non-hydrogen) atoms. The van der Waals surface area contributed by atoms with Crippen LogP contribution in [0.4, 0.5) is 4.39 Å². The number of hydrogen-bond acceptors (Lipinski definition) is 2. The molecule has 0 saturated heterocycles. The van der Waals surface area contributed by atoms with E-state index in [0.29, 0.717) is 6.54 Å². The Morgan fingerprint density at radius 1 is 1.41 bits per heavy atom. The van der Waals surface area contributed by atoms with Crippen molar-refractivity contribution in [2.24, 2.45) is 0 Å². The Hall–Kier alpha value is -0.360. The molecule has 1 aliphatic heterocycles. The largest absolute Gasteiger partial charge is 0.491 e. The lowest BCUT2D eigenvalue weighted by atomic mass is 9.99. The third-order valence-corrected chi connectivity index (χ3v) is 2.47. The molecule has 2 rings (SSSR count). The molecule has 0 spiro atoms. The van der Waals surface area contributed by atoms with Gasteiger partial charge in [-0.3, -0.25) is 0 Å². The predicted molar refractivity (Wildman–Crippen MR) is 77.7 cm³/mol. The number of hydrogen-bond donors (Lipinski definition) is 1. The average Bonchev–Trinajstić information content (AvgIpc) is 2.32. The van der Waals surface area contributed by atoms with E-state index in [1.54, 1.807) is 0 Å². The summed E-state index contributed by atoms with van der Waals surface area (Å²) in [5, 5.41) is 3.04. The predicted octanol–water partition coefficient (Wildman–Crippen LogP) is 3.64. The van der Waals surface area contributed by atoms with Crippen LogP contribution in [0.25, 0.3) is 0 Å². The van der Waals surface area contributed by atoms with E-state index in [9.17, 15) is 4.39 Å². The zero-order valence-electron chi connectivity index (χ0n) is 10.5. The maximum absolute atomic E-state index is 13.6. The zero-order chi connectivity index (χ0) is 12.8. The lowest BCUT2D eigenvalue weighted by Crippen LogP contribution is -2.26. The van der Waals surface area contributed by atoms with Crippen molar-refractivity contribution in [1.82, 2.24) is 5.32 Å². The van der Waals surface area contributed by atoms with E-state index >= 15 is 0 Å². The number of benzene rings is 1. The van der Waals surface area contributed by atoms with Gasteiger partial charge in [0.2, 0.25) is 0 Å². The molecule has 0 fully saturated rings. The van der Waals surface area contributed by atoms with Crippen LogP contribution in [0, 0.1) is 0 Å². The summed E-state index contributed by atoms with van der Waals surface area (Å²) >= 11 is 2.15. The Morgan fingerprint density at radius 3 is 2.76 bits per heavy atom. The van der Waals surface area contributed by atoms with E-state index in [1.807, 2.05) is 37.0 Å². The third-order valence-electron chi connectivity index (χ3n) is 2.47. The fraction of sp³-hybridized carbons (Fsp3) is 0.538. The van der Waals surface area contributed by atoms with E-state index in [-0.39, 0.29) is 6.10 Å². The first-order chi connectivity index (χ1) is 8.16. The second-order valence-electron chi connectivity index (χ2n) is 4.13. The quantitative estimate of drug-likeness (QED) is 0.649. The number of fused-ring (bicyclic) bond motifs is 1. The van der Waals surface area contributed by atoms with Crippen molar-refractivity contribution in [3.05, 3.63) is 29.3 Å². The van der Waals surface area contributed by atoms with Crippen LogP contribution in [0.15, 0.2) is 18.2 Å². The number of alkyl halides is 2. The van der Waals surface area contributed by atoms with Crippen LogP contribution >= 0.6 is 22.6 Å². The molecule has 1 aromatic carbocycles. The Labute approximate surface area is 116 Å². The summed E-state index contributed by atoms with van der Waals surface area (Å²) in [6.45, 7) is 5.08. The summed E-state index contributed by atoms with van der Waals surface area (Å²) in [4.78, 5) is 1.97. The van der Waals surface area contributed by atoms with Gasteiger partial charge in [-0.15, -0.1) is 0 Å². The Morgan fingerprint density at radius 2 is 2.12 bits per heavy atom. The summed E-state index contributed by atoms with van der Waals surface area (Å²) in [5.41, 5.74) is 1.80. The van der Waals surface area contributed by atoms with Gasteiger partial charge >= 0.3 is 0 Å². The van der Waals surface area contributed by atoms with Gasteiger partial charge in [-0.05, 0) is 42.0 Å². The molecule has 1 aliphatic rings. The molecule has 0 radical (unpaired) electrons. The molecular formula is C13H19FINO. The molecule has 0 bridgehead atoms. The number of nitrogens with one attached hydrogen (secondary N) is 1. The highest BCUT2D eigenvalue weighted by molar-refractivity contribution is 14.1. The van der Waals surface area contributed by atoms with Crippen LogP contribution in [-0.4, -0.2) is 17.6 Å². The van der Waals surface area contributed by atoms with Crippen molar-refractivity contribution >= 4 is 22.6 Å². The molecule has 1 unspecified atom stereocenters. The summed E-state index contributed by atoms with van der Waals surface area (Å²) in [5.74, 6) is 0.758. The van der Waals surface area contributed by atoms with Crippen LogP contribution in [0.1, 0.15) is 31.1 Å². The molecule has 96 valence electrons. The second kappa shape index (κ2) is 7.16. The number of ether oxygens (including phenoxy) is 1. The normalized spacial score (nSPS) is 18.1. The standard InChI is InChI=1S/C12H16FNO.CH3I/c1-8(2)15-10-4-3-9-6-14-7-12(13)11(9)5-10;1-2/h3-5,8,12,14H,6-7H2,1-2H3;1H3. The Balaban J connectivity index is 0.000000686. The van der Waals surface area contributed by atoms with Crippen LogP contribution in [0.2, 0.25) is 0 Å². The molecule has 1 aromatic rings. The molecule has 1 atom stereocenters. The molecule has 4 heteroatoms. The van der Waals surface area contributed by atoms with E-state index < -0.39 is 6.17 Å². The lowest BCUT2D eigenvalue weighted by molar-refractivity contribution is 0.240. The average molecular weight is 351 g/mol. The molecule has 0 amide bonds. The zero-order valence-corrected chi connectivity index (χ0v) is 12.6. The molecule has 0 aromatic heterocycles. The summed E-state index contributed by atoms with van der Waals surface area (Å²) < 4.78 is 19.1. The molecule has 1 N–H and O–H groups in total. The first-order valence-electron chi connectivity index (χ1n) is 5.69. The van der Waals surface area contributed by atoms with Crippen LogP contribution in [0.5, 0.6) is 5.75 Å². The maximum atomic E-state index is 13.6. The first kappa shape index (κ1) is 14.7. The Kier molecular flexibility index (Phi) is 6.19. The van der Waals surface area contributed by atoms with E-state index in [4.69, 9.17) is 4.74 Å². The minimum Gasteiger partial charge on any atom is -0.491 e. The third kappa shape index (κ3) is 4.10. The van der Waals surface area contributed by atoms with Crippen LogP contribution < -0.4 is 10.1 Å². The fourth-order valence-corrected chi connectivity index (χ4v) is 1.81. The van der Waals surface area contributed by atoms with E-state index in [2.05, 4.69) is 27.9 Å². The van der Waals surface area contributed by atoms with Gasteiger partial charge in [0, 0.05) is 13.1 Å². The van der Waals surface area contributed by atoms with E-state index in [0.717, 1.165) is 23.4 Å². The highest BCUT2D eigenvalue weighted by Crippen LogP contribution is 2.28. The van der Waals surface area contributed by atoms with Gasteiger partial charge in [-0.25, -0.2) is 4.39 Å². The SMILES string of the molecule is CC(C)Oc1ccc2c(c1)C(F)CNC2.CI. The van der Waals surface area contributed by atoms with Gasteiger partial charge in [0.1, 0.15) is 11.9 Å². The van der Waals surface area contributed by atoms with Crippen molar-refractivity contribution in [1.29, 1.82) is 0 Å². The summed E-state index contributed by atoms with van der Waals surface area (Å²) in [6.07, 6.45) is -0.785. The molecule has 0 saturated carbocycles. The highest BCUT2D eigenvalue weighted by Gasteiger charge is 2.19. The summed E-state index contributed by atoms with van der Waals surface area (Å²) in [7, 11) is 0. The van der Waals surface area contributed by atoms with Gasteiger partial charge in [-0.2, -0.15) is 0 Å². The van der Waals surface area contributed by atoms with Crippen molar-refractivity contribution in [3.63, 3.8) is 0 Å². The first-order valence-corrected chi connectivity index (χ1v) is 7.84. The number of rotatable bonds is 2. The minimum atomic E-state index is -0.913. The van der Waals surface area contributed by atoms with Crippen molar-refractivity contribution < 1.29 is 9.13 Å². The molecule has 2 nitrogen and oxygen atoms in total. The van der Waals surface area contributed by atoms with Gasteiger partial charge in [-0.1, -0.05) is 28.7 Å². The molecule has 1 heterocycles. The van der Waals surface area contributed by atoms with Crippen molar-refractivity contribution in [3.8, 4) is 5.75 Å². The lowest BCUT2D eigenvalue weighted by Gasteiger charge is -2.22. The fourth-order valence-electron chi connectivity index (χ4n) is 1.81. The van der Waals surface area contributed by atoms with E-state index in [1.165, 1.54) is 0 Å². The summed E-state index contributed by atoms with van der Waals surface area (Å²) in [6, 6.07) is 5.66. The highest BCUT2D eigenvalue weighted by atomic mass is 127. The van der Waals surface area contributed by atoms with Gasteiger partial charge in [0.25, 0.3) is 0 Å². The smallest absolute Gasteiger partial charge is 0.138 e. The molecular weight excluding hydrogens is 332 g/mol. The minimum absolute atomic E-state index is 0.128. The van der Waals surface area contributed by atoms with Crippen LogP contribution in [0.3, 0.4) is 0 Å². The van der Waals surface area contributed by atoms with Crippen molar-refractivity contribution in [2.75, 3.05) is 11.5 Å². The van der Waals surface area contributed by atoms with Crippen molar-refractivity contribution in [2.45, 2.75) is 32.7 Å². The molecule has 0 aliphatic carbocycles. The Bertz CT molecular complexity index is 357. The number of halogens is 2. The topological polar surface area (TPSA) is 21.3 Å².